The van der Waals surface area contributed by atoms with E-state index >= 15 is 0 Å². The number of carbonyl (C=O) groups is 1. The Hall–Kier alpha value is -2.08. The third-order valence-electron chi connectivity index (χ3n) is 3.10. The second-order valence-electron chi connectivity index (χ2n) is 4.54. The molecule has 0 saturated heterocycles. The van der Waals surface area contributed by atoms with Crippen LogP contribution in [0.4, 0.5) is 15.8 Å². The molecule has 0 fully saturated rings. The zero-order valence-electron chi connectivity index (χ0n) is 11.0. The fourth-order valence-electron chi connectivity index (χ4n) is 2.12. The molecule has 1 aliphatic rings. The lowest BCUT2D eigenvalue weighted by Gasteiger charge is -2.21. The van der Waals surface area contributed by atoms with Gasteiger partial charge in [-0.1, -0.05) is 6.07 Å². The van der Waals surface area contributed by atoms with Crippen molar-refractivity contribution in [1.29, 1.82) is 0 Å². The van der Waals surface area contributed by atoms with Crippen LogP contribution in [-0.4, -0.2) is 19.1 Å². The monoisotopic (exact) mass is 350 g/mol. The van der Waals surface area contributed by atoms with Gasteiger partial charge < -0.3 is 15.4 Å². The molecule has 2 N–H and O–H groups in total. The van der Waals surface area contributed by atoms with Gasteiger partial charge in [-0.25, -0.2) is 4.39 Å². The number of nitrogens with one attached hydrogen (secondary N) is 2. The van der Waals surface area contributed by atoms with E-state index in [9.17, 15) is 9.18 Å². The number of carbonyl (C=O) groups excluding carboxylic acids is 1. The number of rotatable bonds is 2. The van der Waals surface area contributed by atoms with E-state index in [1.807, 2.05) is 6.07 Å². The maximum absolute atomic E-state index is 13.2. The quantitative estimate of drug-likeness (QED) is 0.869. The minimum absolute atomic E-state index is 0.297. The number of halogens is 2. The van der Waals surface area contributed by atoms with Gasteiger partial charge >= 0.3 is 0 Å². The zero-order chi connectivity index (χ0) is 14.8. The smallest absolute Gasteiger partial charge is 0.259 e. The van der Waals surface area contributed by atoms with Crippen LogP contribution in [0.25, 0.3) is 0 Å². The summed E-state index contributed by atoms with van der Waals surface area (Å²) in [5.74, 6) is -0.130. The summed E-state index contributed by atoms with van der Waals surface area (Å²) in [5.41, 5.74) is 1.75. The zero-order valence-corrected chi connectivity index (χ0v) is 12.5. The second kappa shape index (κ2) is 5.73. The predicted octanol–water partition coefficient (Wildman–Crippen LogP) is 3.64. The van der Waals surface area contributed by atoms with Gasteiger partial charge in [-0.15, -0.1) is 0 Å². The predicted molar refractivity (Wildman–Crippen MR) is 82.5 cm³/mol. The van der Waals surface area contributed by atoms with Gasteiger partial charge in [0, 0.05) is 12.2 Å². The lowest BCUT2D eigenvalue weighted by Crippen LogP contribution is -2.21. The summed E-state index contributed by atoms with van der Waals surface area (Å²) in [6.45, 7) is 1.22. The summed E-state index contributed by atoms with van der Waals surface area (Å²) in [4.78, 5) is 12.4. The first-order chi connectivity index (χ1) is 10.1. The van der Waals surface area contributed by atoms with Gasteiger partial charge in [-0.2, -0.15) is 0 Å². The number of hydrogen-bond donors (Lipinski definition) is 2. The van der Waals surface area contributed by atoms with Crippen molar-refractivity contribution in [3.8, 4) is 5.75 Å². The first-order valence-electron chi connectivity index (χ1n) is 6.41. The van der Waals surface area contributed by atoms with Crippen molar-refractivity contribution >= 4 is 33.2 Å². The van der Waals surface area contributed by atoms with Crippen LogP contribution >= 0.6 is 15.9 Å². The molecule has 0 unspecified atom stereocenters. The molecule has 1 aliphatic heterocycles. The number of amides is 1. The highest BCUT2D eigenvalue weighted by molar-refractivity contribution is 9.10. The molecule has 1 amide bonds. The first kappa shape index (κ1) is 13.9. The van der Waals surface area contributed by atoms with Crippen LogP contribution in [0.3, 0.4) is 0 Å². The Bertz CT molecular complexity index is 706. The lowest BCUT2D eigenvalue weighted by molar-refractivity contribution is 0.102. The molecule has 0 aliphatic carbocycles. The highest BCUT2D eigenvalue weighted by Gasteiger charge is 2.19. The van der Waals surface area contributed by atoms with Crippen LogP contribution in [0.5, 0.6) is 5.75 Å². The Morgan fingerprint density at radius 1 is 1.33 bits per heavy atom. The van der Waals surface area contributed by atoms with E-state index in [4.69, 9.17) is 4.74 Å². The topological polar surface area (TPSA) is 50.4 Å². The lowest BCUT2D eigenvalue weighted by atomic mass is 10.1. The van der Waals surface area contributed by atoms with E-state index in [1.54, 1.807) is 12.1 Å². The normalized spacial score (nSPS) is 12.9. The summed E-state index contributed by atoms with van der Waals surface area (Å²) in [6, 6.07) is 9.65. The summed E-state index contributed by atoms with van der Waals surface area (Å²) in [6.07, 6.45) is 0. The average Bonchev–Trinajstić information content (AvgIpc) is 2.50. The van der Waals surface area contributed by atoms with Crippen molar-refractivity contribution in [2.75, 3.05) is 23.8 Å². The average molecular weight is 351 g/mol. The Morgan fingerprint density at radius 2 is 2.19 bits per heavy atom. The molecule has 6 heteroatoms. The van der Waals surface area contributed by atoms with Crippen LogP contribution in [0.1, 0.15) is 10.4 Å². The molecule has 2 aromatic carbocycles. The molecular weight excluding hydrogens is 339 g/mol. The highest BCUT2D eigenvalue weighted by Crippen LogP contribution is 2.31. The molecule has 3 rings (SSSR count). The van der Waals surface area contributed by atoms with E-state index in [0.29, 0.717) is 34.6 Å². The molecule has 4 nitrogen and oxygen atoms in total. The molecular formula is C15H12BrFN2O2. The van der Waals surface area contributed by atoms with Gasteiger partial charge in [0.25, 0.3) is 5.91 Å². The Labute approximate surface area is 129 Å². The number of ether oxygens (including phenoxy) is 1. The fraction of sp³-hybridized carbons (Fsp3) is 0.133. The third-order valence-corrected chi connectivity index (χ3v) is 3.71. The first-order valence-corrected chi connectivity index (χ1v) is 7.20. The van der Waals surface area contributed by atoms with Crippen molar-refractivity contribution < 1.29 is 13.9 Å². The number of fused-ring (bicyclic) bond motifs is 1. The minimum Gasteiger partial charge on any atom is -0.489 e. The van der Waals surface area contributed by atoms with Crippen LogP contribution < -0.4 is 15.4 Å². The maximum atomic E-state index is 13.2. The van der Waals surface area contributed by atoms with E-state index < -0.39 is 0 Å². The maximum Gasteiger partial charge on any atom is 0.259 e. The standard InChI is InChI=1S/C15H12BrFN2O2/c16-11-8-9(4-5-12(11)17)19-15(20)10-2-1-3-13-14(10)21-7-6-18-13/h1-5,8,18H,6-7H2,(H,19,20). The Morgan fingerprint density at radius 3 is 3.00 bits per heavy atom. The number of benzene rings is 2. The number of para-hydroxylation sites is 1. The van der Waals surface area contributed by atoms with Crippen LogP contribution in [0.2, 0.25) is 0 Å². The van der Waals surface area contributed by atoms with Crippen LogP contribution in [0, 0.1) is 5.82 Å². The van der Waals surface area contributed by atoms with Gasteiger partial charge in [0.15, 0.2) is 5.75 Å². The molecule has 108 valence electrons. The van der Waals surface area contributed by atoms with Crippen LogP contribution in [0.15, 0.2) is 40.9 Å². The van der Waals surface area contributed by atoms with Crippen molar-refractivity contribution in [1.82, 2.24) is 0 Å². The van der Waals surface area contributed by atoms with E-state index in [-0.39, 0.29) is 11.7 Å². The molecule has 0 spiro atoms. The highest BCUT2D eigenvalue weighted by atomic mass is 79.9. The second-order valence-corrected chi connectivity index (χ2v) is 5.39. The van der Waals surface area contributed by atoms with Gasteiger partial charge in [0.2, 0.25) is 0 Å². The molecule has 0 saturated carbocycles. The minimum atomic E-state index is -0.377. The summed E-state index contributed by atoms with van der Waals surface area (Å²) in [5, 5.41) is 5.91. The SMILES string of the molecule is O=C(Nc1ccc(F)c(Br)c1)c1cccc2c1OCCN2. The molecule has 0 aromatic heterocycles. The van der Waals surface area contributed by atoms with Gasteiger partial charge in [0.05, 0.1) is 15.7 Å². The number of anilines is 2. The van der Waals surface area contributed by atoms with Gasteiger partial charge in [-0.3, -0.25) is 4.79 Å². The van der Waals surface area contributed by atoms with E-state index in [0.717, 1.165) is 5.69 Å². The largest absolute Gasteiger partial charge is 0.489 e. The van der Waals surface area contributed by atoms with E-state index in [2.05, 4.69) is 26.6 Å². The summed E-state index contributed by atoms with van der Waals surface area (Å²) in [7, 11) is 0. The summed E-state index contributed by atoms with van der Waals surface area (Å²) >= 11 is 3.09. The van der Waals surface area contributed by atoms with E-state index in [1.165, 1.54) is 18.2 Å². The molecule has 1 heterocycles. The molecule has 0 atom stereocenters. The van der Waals surface area contributed by atoms with Crippen molar-refractivity contribution in [2.45, 2.75) is 0 Å². The molecule has 21 heavy (non-hydrogen) atoms. The van der Waals surface area contributed by atoms with Crippen molar-refractivity contribution in [3.05, 3.63) is 52.3 Å². The van der Waals surface area contributed by atoms with Crippen LogP contribution in [-0.2, 0) is 0 Å². The fourth-order valence-corrected chi connectivity index (χ4v) is 2.50. The van der Waals surface area contributed by atoms with Gasteiger partial charge in [-0.05, 0) is 46.3 Å². The molecule has 2 aromatic rings. The summed E-state index contributed by atoms with van der Waals surface area (Å²) < 4.78 is 19.1. The van der Waals surface area contributed by atoms with Crippen molar-refractivity contribution in [3.63, 3.8) is 0 Å². The Balaban J connectivity index is 1.87. The Kier molecular flexibility index (Phi) is 3.79. The van der Waals surface area contributed by atoms with Crippen molar-refractivity contribution in [2.24, 2.45) is 0 Å². The third kappa shape index (κ3) is 2.85. The number of hydrogen-bond acceptors (Lipinski definition) is 3. The van der Waals surface area contributed by atoms with Gasteiger partial charge in [0.1, 0.15) is 12.4 Å². The molecule has 0 radical (unpaired) electrons. The molecule has 0 bridgehead atoms.